The molecule has 0 saturated carbocycles. The van der Waals surface area contributed by atoms with Crippen molar-refractivity contribution < 1.29 is 9.47 Å². The fourth-order valence-electron chi connectivity index (χ4n) is 3.08. The monoisotopic (exact) mass is 248 g/mol. The largest absolute Gasteiger partial charge is 0.487 e. The zero-order chi connectivity index (χ0) is 12.5. The van der Waals surface area contributed by atoms with Crippen LogP contribution in [0.1, 0.15) is 18.9 Å². The fraction of sp³-hybridized carbons (Fsp3) is 0.643. The maximum Gasteiger partial charge on any atom is 0.172 e. The van der Waals surface area contributed by atoms with Gasteiger partial charge in [-0.3, -0.25) is 0 Å². The molecule has 4 heteroatoms. The van der Waals surface area contributed by atoms with Gasteiger partial charge in [-0.2, -0.15) is 0 Å². The summed E-state index contributed by atoms with van der Waals surface area (Å²) in [6, 6.07) is 2.53. The van der Waals surface area contributed by atoms with Crippen LogP contribution in [-0.4, -0.2) is 37.9 Å². The number of nitrogens with zero attached hydrogens (tertiary/aromatic N) is 2. The van der Waals surface area contributed by atoms with Crippen molar-refractivity contribution in [2.75, 3.05) is 31.8 Å². The number of fused-ring (bicyclic) bond motifs is 3. The zero-order valence-electron chi connectivity index (χ0n) is 11.1. The van der Waals surface area contributed by atoms with Crippen LogP contribution in [0.3, 0.4) is 0 Å². The third-order valence-corrected chi connectivity index (χ3v) is 3.94. The van der Waals surface area contributed by atoms with Crippen molar-refractivity contribution in [3.8, 4) is 5.75 Å². The molecule has 0 aliphatic carbocycles. The summed E-state index contributed by atoms with van der Waals surface area (Å²) in [6.45, 7) is 4.81. The first-order chi connectivity index (χ1) is 8.83. The summed E-state index contributed by atoms with van der Waals surface area (Å²) >= 11 is 0. The van der Waals surface area contributed by atoms with Gasteiger partial charge in [-0.15, -0.1) is 0 Å². The van der Waals surface area contributed by atoms with Crippen molar-refractivity contribution >= 4 is 5.82 Å². The van der Waals surface area contributed by atoms with Gasteiger partial charge in [0, 0.05) is 25.8 Å². The molecule has 3 rings (SSSR count). The lowest BCUT2D eigenvalue weighted by molar-refractivity contribution is 0.157. The van der Waals surface area contributed by atoms with Gasteiger partial charge in [-0.25, -0.2) is 4.98 Å². The van der Waals surface area contributed by atoms with E-state index in [0.29, 0.717) is 12.0 Å². The Hall–Kier alpha value is -1.29. The molecule has 0 amide bonds. The number of rotatable bonds is 3. The number of pyridine rings is 1. The van der Waals surface area contributed by atoms with Crippen molar-refractivity contribution in [1.29, 1.82) is 0 Å². The van der Waals surface area contributed by atoms with E-state index in [2.05, 4.69) is 22.9 Å². The lowest BCUT2D eigenvalue weighted by Crippen LogP contribution is -2.39. The van der Waals surface area contributed by atoms with Gasteiger partial charge < -0.3 is 14.4 Å². The molecule has 2 unspecified atom stereocenters. The Morgan fingerprint density at radius 1 is 1.56 bits per heavy atom. The Balaban J connectivity index is 1.89. The van der Waals surface area contributed by atoms with Gasteiger partial charge in [0.25, 0.3) is 0 Å². The number of anilines is 1. The number of ether oxygens (including phenoxy) is 2. The van der Waals surface area contributed by atoms with E-state index < -0.39 is 0 Å². The van der Waals surface area contributed by atoms with Crippen LogP contribution in [0.4, 0.5) is 5.82 Å². The average Bonchev–Trinajstić information content (AvgIpc) is 2.81. The Bertz CT molecular complexity index is 436. The Kier molecular flexibility index (Phi) is 3.12. The highest BCUT2D eigenvalue weighted by atomic mass is 16.5. The van der Waals surface area contributed by atoms with Crippen molar-refractivity contribution in [1.82, 2.24) is 4.98 Å². The smallest absolute Gasteiger partial charge is 0.172 e. The molecular weight excluding hydrogens is 228 g/mol. The molecule has 2 atom stereocenters. The minimum atomic E-state index is 0.470. The predicted molar refractivity (Wildman–Crippen MR) is 70.2 cm³/mol. The minimum absolute atomic E-state index is 0.470. The summed E-state index contributed by atoms with van der Waals surface area (Å²) in [5, 5.41) is 0. The van der Waals surface area contributed by atoms with Gasteiger partial charge in [-0.05, 0) is 24.5 Å². The minimum Gasteiger partial charge on any atom is -0.487 e. The molecule has 2 aliphatic rings. The highest BCUT2D eigenvalue weighted by Gasteiger charge is 2.38. The molecule has 1 fully saturated rings. The van der Waals surface area contributed by atoms with Crippen molar-refractivity contribution in [3.05, 3.63) is 17.8 Å². The van der Waals surface area contributed by atoms with Crippen LogP contribution >= 0.6 is 0 Å². The summed E-state index contributed by atoms with van der Waals surface area (Å²) in [5.41, 5.74) is 1.26. The highest BCUT2D eigenvalue weighted by Crippen LogP contribution is 2.40. The van der Waals surface area contributed by atoms with Crippen molar-refractivity contribution in [3.63, 3.8) is 0 Å². The third-order valence-electron chi connectivity index (χ3n) is 3.94. The molecule has 4 nitrogen and oxygen atoms in total. The molecule has 0 bridgehead atoms. The number of hydrogen-bond acceptors (Lipinski definition) is 4. The maximum atomic E-state index is 5.94. The van der Waals surface area contributed by atoms with Crippen LogP contribution in [0, 0.1) is 5.92 Å². The quantitative estimate of drug-likeness (QED) is 0.818. The van der Waals surface area contributed by atoms with E-state index in [9.17, 15) is 0 Å². The molecule has 0 spiro atoms. The Morgan fingerprint density at radius 3 is 3.22 bits per heavy atom. The second kappa shape index (κ2) is 4.76. The van der Waals surface area contributed by atoms with Gasteiger partial charge in [0.15, 0.2) is 11.6 Å². The predicted octanol–water partition coefficient (Wildman–Crippen LogP) is 1.88. The molecule has 18 heavy (non-hydrogen) atoms. The first-order valence-electron chi connectivity index (χ1n) is 6.69. The van der Waals surface area contributed by atoms with Crippen molar-refractivity contribution in [2.45, 2.75) is 25.8 Å². The average molecular weight is 248 g/mol. The summed E-state index contributed by atoms with van der Waals surface area (Å²) < 4.78 is 11.2. The van der Waals surface area contributed by atoms with Crippen LogP contribution in [0.5, 0.6) is 5.75 Å². The summed E-state index contributed by atoms with van der Waals surface area (Å²) in [5.74, 6) is 2.63. The van der Waals surface area contributed by atoms with Gasteiger partial charge in [0.05, 0.1) is 12.6 Å². The van der Waals surface area contributed by atoms with Gasteiger partial charge in [-0.1, -0.05) is 6.92 Å². The Labute approximate surface area is 108 Å². The summed E-state index contributed by atoms with van der Waals surface area (Å²) in [4.78, 5) is 6.93. The lowest BCUT2D eigenvalue weighted by Gasteiger charge is -2.33. The molecule has 1 aromatic heterocycles. The van der Waals surface area contributed by atoms with Gasteiger partial charge in [0.1, 0.15) is 6.61 Å². The van der Waals surface area contributed by atoms with Crippen LogP contribution in [0.25, 0.3) is 0 Å². The number of hydrogen-bond donors (Lipinski definition) is 0. The second-order valence-corrected chi connectivity index (χ2v) is 5.15. The van der Waals surface area contributed by atoms with E-state index >= 15 is 0 Å². The van der Waals surface area contributed by atoms with E-state index in [1.165, 1.54) is 5.56 Å². The number of methoxy groups -OCH3 is 1. The first-order valence-corrected chi connectivity index (χ1v) is 6.69. The Morgan fingerprint density at radius 2 is 2.44 bits per heavy atom. The third kappa shape index (κ3) is 1.85. The lowest BCUT2D eigenvalue weighted by atomic mass is 10.1. The fourth-order valence-corrected chi connectivity index (χ4v) is 3.08. The van der Waals surface area contributed by atoms with Crippen LogP contribution in [-0.2, 0) is 11.2 Å². The standard InChI is InChI=1S/C14H20N2O2/c1-3-11-4-5-15-14-13(11)18-9-12-6-10(8-17-2)7-16(12)14/h4-5,10,12H,3,6-9H2,1-2H3. The van der Waals surface area contributed by atoms with Crippen LogP contribution < -0.4 is 9.64 Å². The molecule has 2 aliphatic heterocycles. The number of aromatic nitrogens is 1. The number of aryl methyl sites for hydroxylation is 1. The first kappa shape index (κ1) is 11.8. The SMILES string of the molecule is CCc1ccnc2c1OCC1CC(COC)CN21. The highest BCUT2D eigenvalue weighted by molar-refractivity contribution is 5.59. The van der Waals surface area contributed by atoms with Crippen LogP contribution in [0.2, 0.25) is 0 Å². The van der Waals surface area contributed by atoms with Crippen molar-refractivity contribution in [2.24, 2.45) is 5.92 Å². The molecule has 3 heterocycles. The molecule has 0 aromatic carbocycles. The van der Waals surface area contributed by atoms with E-state index in [0.717, 1.165) is 44.2 Å². The van der Waals surface area contributed by atoms with Gasteiger partial charge >= 0.3 is 0 Å². The molecule has 1 aromatic rings. The van der Waals surface area contributed by atoms with E-state index in [4.69, 9.17) is 9.47 Å². The second-order valence-electron chi connectivity index (χ2n) is 5.15. The van der Waals surface area contributed by atoms with Gasteiger partial charge in [0.2, 0.25) is 0 Å². The molecule has 1 saturated heterocycles. The molecule has 0 radical (unpaired) electrons. The normalized spacial score (nSPS) is 25.6. The summed E-state index contributed by atoms with van der Waals surface area (Å²) in [6.07, 6.45) is 4.03. The van der Waals surface area contributed by atoms with E-state index in [-0.39, 0.29) is 0 Å². The zero-order valence-corrected chi connectivity index (χ0v) is 11.1. The molecular formula is C14H20N2O2. The van der Waals surface area contributed by atoms with Crippen LogP contribution in [0.15, 0.2) is 12.3 Å². The topological polar surface area (TPSA) is 34.6 Å². The van der Waals surface area contributed by atoms with E-state index in [1.54, 1.807) is 7.11 Å². The summed E-state index contributed by atoms with van der Waals surface area (Å²) in [7, 11) is 1.77. The van der Waals surface area contributed by atoms with E-state index in [1.807, 2.05) is 6.20 Å². The molecule has 0 N–H and O–H groups in total. The molecule has 98 valence electrons. The maximum absolute atomic E-state index is 5.94.